The standard InChI is InChI=1S/C15H17N5O5S2/c1-10-18-13(8-20(10)2)27(23,24)17-5-3-14(22)25-9-12(21)19-15-11(7-16)4-6-26-15/h4,6,8,17H,3,5,9H2,1-2H3,(H,19,21). The van der Waals surface area contributed by atoms with E-state index in [4.69, 9.17) is 10.00 Å². The van der Waals surface area contributed by atoms with Crippen LogP contribution >= 0.6 is 11.3 Å². The van der Waals surface area contributed by atoms with Crippen LogP contribution in [0.25, 0.3) is 0 Å². The van der Waals surface area contributed by atoms with Gasteiger partial charge in [0.1, 0.15) is 16.9 Å². The van der Waals surface area contributed by atoms with Crippen molar-refractivity contribution in [1.29, 1.82) is 5.26 Å². The van der Waals surface area contributed by atoms with Crippen molar-refractivity contribution in [2.24, 2.45) is 7.05 Å². The van der Waals surface area contributed by atoms with Crippen LogP contribution < -0.4 is 10.0 Å². The number of rotatable bonds is 8. The van der Waals surface area contributed by atoms with Crippen molar-refractivity contribution in [3.8, 4) is 6.07 Å². The fourth-order valence-corrected chi connectivity index (χ4v) is 3.71. The number of carbonyl (C=O) groups is 2. The fraction of sp³-hybridized carbons (Fsp3) is 0.333. The van der Waals surface area contributed by atoms with Crippen LogP contribution in [0.5, 0.6) is 0 Å². The van der Waals surface area contributed by atoms with E-state index in [1.165, 1.54) is 17.5 Å². The van der Waals surface area contributed by atoms with Gasteiger partial charge in [0, 0.05) is 19.8 Å². The summed E-state index contributed by atoms with van der Waals surface area (Å²) in [6.07, 6.45) is 1.11. The molecule has 12 heteroatoms. The van der Waals surface area contributed by atoms with Crippen molar-refractivity contribution in [3.05, 3.63) is 29.0 Å². The lowest BCUT2D eigenvalue weighted by atomic mass is 10.3. The number of hydrogen-bond acceptors (Lipinski definition) is 8. The van der Waals surface area contributed by atoms with E-state index in [-0.39, 0.29) is 18.0 Å². The van der Waals surface area contributed by atoms with E-state index in [0.29, 0.717) is 16.4 Å². The number of sulfonamides is 1. The Hall–Kier alpha value is -2.75. The third-order valence-electron chi connectivity index (χ3n) is 3.39. The van der Waals surface area contributed by atoms with Gasteiger partial charge in [0.25, 0.3) is 15.9 Å². The molecule has 0 radical (unpaired) electrons. The van der Waals surface area contributed by atoms with Gasteiger partial charge in [0.2, 0.25) is 0 Å². The van der Waals surface area contributed by atoms with Crippen molar-refractivity contribution in [3.63, 3.8) is 0 Å². The first-order valence-corrected chi connectivity index (χ1v) is 10.0. The summed E-state index contributed by atoms with van der Waals surface area (Å²) in [5.74, 6) is -0.797. The van der Waals surface area contributed by atoms with Crippen molar-refractivity contribution in [2.75, 3.05) is 18.5 Å². The first-order valence-electron chi connectivity index (χ1n) is 7.65. The number of hydrogen-bond donors (Lipinski definition) is 2. The smallest absolute Gasteiger partial charge is 0.307 e. The molecule has 0 saturated heterocycles. The third kappa shape index (κ3) is 5.61. The molecule has 0 fully saturated rings. The van der Waals surface area contributed by atoms with Gasteiger partial charge in [-0.1, -0.05) is 0 Å². The zero-order valence-electron chi connectivity index (χ0n) is 14.6. The molecule has 2 aromatic rings. The molecule has 2 rings (SSSR count). The van der Waals surface area contributed by atoms with Gasteiger partial charge in [-0.2, -0.15) is 5.26 Å². The van der Waals surface area contributed by atoms with Crippen molar-refractivity contribution >= 4 is 38.2 Å². The lowest BCUT2D eigenvalue weighted by Crippen LogP contribution is -2.28. The zero-order valence-corrected chi connectivity index (χ0v) is 16.2. The Bertz CT molecular complexity index is 967. The van der Waals surface area contributed by atoms with Gasteiger partial charge in [0.15, 0.2) is 11.6 Å². The number of amides is 1. The average molecular weight is 411 g/mol. The number of carbonyl (C=O) groups excluding carboxylic acids is 2. The molecule has 0 aliphatic heterocycles. The summed E-state index contributed by atoms with van der Waals surface area (Å²) in [5.41, 5.74) is 0.318. The Morgan fingerprint density at radius 2 is 2.19 bits per heavy atom. The largest absolute Gasteiger partial charge is 0.456 e. The number of ether oxygens (including phenoxy) is 1. The van der Waals surface area contributed by atoms with Crippen LogP contribution in [0, 0.1) is 18.3 Å². The number of aryl methyl sites for hydroxylation is 2. The number of imidazole rings is 1. The summed E-state index contributed by atoms with van der Waals surface area (Å²) in [7, 11) is -2.16. The summed E-state index contributed by atoms with van der Waals surface area (Å²) in [6.45, 7) is 0.937. The highest BCUT2D eigenvalue weighted by atomic mass is 32.2. The Morgan fingerprint density at radius 3 is 2.81 bits per heavy atom. The highest BCUT2D eigenvalue weighted by Gasteiger charge is 2.19. The predicted molar refractivity (Wildman–Crippen MR) is 96.4 cm³/mol. The molecule has 2 heterocycles. The highest BCUT2D eigenvalue weighted by Crippen LogP contribution is 2.21. The first-order chi connectivity index (χ1) is 12.7. The molecular weight excluding hydrogens is 394 g/mol. The summed E-state index contributed by atoms with van der Waals surface area (Å²) in [5, 5.41) is 13.2. The van der Waals surface area contributed by atoms with E-state index in [9.17, 15) is 18.0 Å². The van der Waals surface area contributed by atoms with Crippen LogP contribution in [0.1, 0.15) is 17.8 Å². The van der Waals surface area contributed by atoms with Gasteiger partial charge in [-0.15, -0.1) is 11.3 Å². The van der Waals surface area contributed by atoms with Crippen molar-refractivity contribution in [2.45, 2.75) is 18.4 Å². The molecule has 0 saturated carbocycles. The molecule has 10 nitrogen and oxygen atoms in total. The van der Waals surface area contributed by atoms with Gasteiger partial charge < -0.3 is 14.6 Å². The van der Waals surface area contributed by atoms with Gasteiger partial charge in [-0.25, -0.2) is 18.1 Å². The van der Waals surface area contributed by atoms with E-state index >= 15 is 0 Å². The monoisotopic (exact) mass is 411 g/mol. The van der Waals surface area contributed by atoms with Crippen LogP contribution in [-0.2, 0) is 31.4 Å². The molecule has 0 unspecified atom stereocenters. The van der Waals surface area contributed by atoms with Gasteiger partial charge in [-0.05, 0) is 18.4 Å². The molecule has 2 N–H and O–H groups in total. The second-order valence-corrected chi connectivity index (χ2v) is 8.00. The predicted octanol–water partition coefficient (Wildman–Crippen LogP) is 0.512. The number of nitrogens with one attached hydrogen (secondary N) is 2. The van der Waals surface area contributed by atoms with Crippen LogP contribution in [0.3, 0.4) is 0 Å². The lowest BCUT2D eigenvalue weighted by molar-refractivity contribution is -0.147. The second-order valence-electron chi connectivity index (χ2n) is 5.37. The van der Waals surface area contributed by atoms with Gasteiger partial charge >= 0.3 is 5.97 Å². The molecule has 27 heavy (non-hydrogen) atoms. The molecule has 2 aromatic heterocycles. The van der Waals surface area contributed by atoms with E-state index in [1.807, 2.05) is 6.07 Å². The average Bonchev–Trinajstić information content (AvgIpc) is 3.19. The first kappa shape index (κ1) is 20.6. The number of thiophene rings is 1. The third-order valence-corrected chi connectivity index (χ3v) is 5.55. The minimum absolute atomic E-state index is 0.139. The maximum absolute atomic E-state index is 12.1. The Balaban J connectivity index is 1.74. The van der Waals surface area contributed by atoms with Crippen LogP contribution in [0.2, 0.25) is 0 Å². The Morgan fingerprint density at radius 1 is 1.44 bits per heavy atom. The fourth-order valence-electron chi connectivity index (χ4n) is 1.89. The summed E-state index contributed by atoms with van der Waals surface area (Å²) in [6, 6.07) is 3.48. The number of nitrogens with zero attached hydrogens (tertiary/aromatic N) is 3. The molecule has 0 aliphatic rings. The number of anilines is 1. The maximum Gasteiger partial charge on any atom is 0.307 e. The molecule has 0 aromatic carbocycles. The van der Waals surface area contributed by atoms with Crippen molar-refractivity contribution in [1.82, 2.24) is 14.3 Å². The van der Waals surface area contributed by atoms with Crippen LogP contribution in [-0.4, -0.2) is 43.0 Å². The quantitative estimate of drug-likeness (QED) is 0.602. The van der Waals surface area contributed by atoms with Crippen molar-refractivity contribution < 1.29 is 22.7 Å². The molecule has 0 bridgehead atoms. The van der Waals surface area contributed by atoms with Gasteiger partial charge in [0.05, 0.1) is 12.0 Å². The normalized spacial score (nSPS) is 11.0. The summed E-state index contributed by atoms with van der Waals surface area (Å²) < 4.78 is 32.7. The molecule has 144 valence electrons. The van der Waals surface area contributed by atoms with E-state index in [1.54, 1.807) is 30.0 Å². The molecular formula is C15H17N5O5S2. The minimum Gasteiger partial charge on any atom is -0.456 e. The molecule has 0 aliphatic carbocycles. The summed E-state index contributed by atoms with van der Waals surface area (Å²) in [4.78, 5) is 27.3. The summed E-state index contributed by atoms with van der Waals surface area (Å²) >= 11 is 1.17. The number of nitriles is 1. The Labute approximate surface area is 159 Å². The molecule has 1 amide bonds. The minimum atomic E-state index is -3.83. The van der Waals surface area contributed by atoms with Crippen LogP contribution in [0.4, 0.5) is 5.00 Å². The zero-order chi connectivity index (χ0) is 20.0. The Kier molecular flexibility index (Phi) is 6.67. The highest BCUT2D eigenvalue weighted by molar-refractivity contribution is 7.89. The number of aromatic nitrogens is 2. The van der Waals surface area contributed by atoms with Crippen LogP contribution in [0.15, 0.2) is 22.7 Å². The number of esters is 1. The SMILES string of the molecule is Cc1nc(S(=O)(=O)NCCC(=O)OCC(=O)Nc2sccc2C#N)cn1C. The topological polar surface area (TPSA) is 143 Å². The maximum atomic E-state index is 12.1. The van der Waals surface area contributed by atoms with E-state index < -0.39 is 28.5 Å². The molecule has 0 spiro atoms. The lowest BCUT2D eigenvalue weighted by Gasteiger charge is -2.06. The van der Waals surface area contributed by atoms with E-state index in [2.05, 4.69) is 15.0 Å². The van der Waals surface area contributed by atoms with Gasteiger partial charge in [-0.3, -0.25) is 9.59 Å². The van der Waals surface area contributed by atoms with E-state index in [0.717, 1.165) is 0 Å². The molecule has 0 atom stereocenters. The second kappa shape index (κ2) is 8.76.